The van der Waals surface area contributed by atoms with Crippen LogP contribution in [0.15, 0.2) is 71.1 Å². The fourth-order valence-corrected chi connectivity index (χ4v) is 6.18. The van der Waals surface area contributed by atoms with Gasteiger partial charge in [-0.05, 0) is 85.5 Å². The minimum Gasteiger partial charge on any atom is -0.451 e. The number of rotatable bonds is 6. The van der Waals surface area contributed by atoms with Gasteiger partial charge in [-0.1, -0.05) is 12.1 Å². The lowest BCUT2D eigenvalue weighted by molar-refractivity contribution is -0.137. The maximum absolute atomic E-state index is 13.3. The second-order valence-corrected chi connectivity index (χ2v) is 12.0. The number of aryl methyl sites for hydroxylation is 1. The number of carbonyl (C=O) groups excluding carboxylic acids is 2. The van der Waals surface area contributed by atoms with Gasteiger partial charge in [0.15, 0.2) is 5.76 Å². The number of likely N-dealkylation sites (tertiary alicyclic amines) is 1. The fraction of sp³-hybridized carbons (Fsp3) is 0.343. The molecule has 0 bridgehead atoms. The molecule has 3 heterocycles. The molecule has 46 heavy (non-hydrogen) atoms. The summed E-state index contributed by atoms with van der Waals surface area (Å²) in [6.45, 7) is 5.69. The lowest BCUT2D eigenvalue weighted by Crippen LogP contribution is -2.48. The second-order valence-electron chi connectivity index (χ2n) is 12.0. The van der Waals surface area contributed by atoms with E-state index in [1.165, 1.54) is 0 Å². The predicted molar refractivity (Wildman–Crippen MR) is 167 cm³/mol. The number of furan rings is 1. The molecule has 11 heteroatoms. The van der Waals surface area contributed by atoms with Gasteiger partial charge < -0.3 is 19.5 Å². The van der Waals surface area contributed by atoms with Crippen molar-refractivity contribution >= 4 is 28.5 Å². The van der Waals surface area contributed by atoms with Gasteiger partial charge >= 0.3 is 6.18 Å². The summed E-state index contributed by atoms with van der Waals surface area (Å²) in [6, 6.07) is 20.5. The van der Waals surface area contributed by atoms with E-state index in [1.54, 1.807) is 42.2 Å². The minimum atomic E-state index is -4.42. The Morgan fingerprint density at radius 2 is 1.65 bits per heavy atom. The number of hydrogen-bond acceptors (Lipinski definition) is 6. The van der Waals surface area contributed by atoms with Crippen LogP contribution >= 0.6 is 0 Å². The third-order valence-corrected chi connectivity index (χ3v) is 8.72. The molecule has 3 aromatic carbocycles. The molecule has 6 rings (SSSR count). The Bertz CT molecular complexity index is 1780. The van der Waals surface area contributed by atoms with Crippen molar-refractivity contribution in [2.75, 3.05) is 44.2 Å². The number of hydrogen-bond donors (Lipinski definition) is 1. The van der Waals surface area contributed by atoms with Crippen molar-refractivity contribution in [2.24, 2.45) is 0 Å². The van der Waals surface area contributed by atoms with Crippen molar-refractivity contribution in [3.8, 4) is 6.07 Å². The molecule has 0 atom stereocenters. The Morgan fingerprint density at radius 1 is 0.935 bits per heavy atom. The van der Waals surface area contributed by atoms with Crippen molar-refractivity contribution in [3.05, 3.63) is 100 Å². The molecule has 2 fully saturated rings. The van der Waals surface area contributed by atoms with Crippen LogP contribution in [-0.4, -0.2) is 66.9 Å². The number of benzene rings is 3. The van der Waals surface area contributed by atoms with Gasteiger partial charge in [0.2, 0.25) is 0 Å². The van der Waals surface area contributed by atoms with E-state index >= 15 is 0 Å². The van der Waals surface area contributed by atoms with E-state index < -0.39 is 11.7 Å². The first-order valence-electron chi connectivity index (χ1n) is 15.3. The zero-order valence-electron chi connectivity index (χ0n) is 25.4. The summed E-state index contributed by atoms with van der Waals surface area (Å²) in [5.41, 5.74) is 3.10. The molecule has 0 radical (unpaired) electrons. The molecule has 2 aliphatic rings. The van der Waals surface area contributed by atoms with Gasteiger partial charge in [0.25, 0.3) is 11.8 Å². The van der Waals surface area contributed by atoms with Crippen LogP contribution in [-0.2, 0) is 12.7 Å². The van der Waals surface area contributed by atoms with Crippen LogP contribution in [0.1, 0.15) is 56.0 Å². The molecule has 0 spiro atoms. The van der Waals surface area contributed by atoms with Crippen molar-refractivity contribution in [3.63, 3.8) is 0 Å². The standard InChI is InChI=1S/C35H34F3N5O3/c1-23-16-28(35(36,37)38)20-30(17-23)42-12-14-43(15-13-42)34(45)26-6-7-31-27(18-26)19-32(46-31)33(44)40-29-8-10-41(11-9-29)22-25-4-2-24(21-39)3-5-25/h2-7,16-20,29H,8-15,22H2,1H3,(H,40,44). The number of nitrogens with zero attached hydrogens (tertiary/aromatic N) is 4. The molecule has 8 nitrogen and oxygen atoms in total. The lowest BCUT2D eigenvalue weighted by atomic mass is 10.0. The highest BCUT2D eigenvalue weighted by Crippen LogP contribution is 2.33. The summed E-state index contributed by atoms with van der Waals surface area (Å²) in [7, 11) is 0. The third kappa shape index (κ3) is 7.02. The van der Waals surface area contributed by atoms with E-state index in [-0.39, 0.29) is 23.6 Å². The molecule has 4 aromatic rings. The van der Waals surface area contributed by atoms with Crippen molar-refractivity contribution in [1.82, 2.24) is 15.1 Å². The normalized spacial score (nSPS) is 16.4. The third-order valence-electron chi connectivity index (χ3n) is 8.72. The maximum Gasteiger partial charge on any atom is 0.416 e. The van der Waals surface area contributed by atoms with Crippen LogP contribution in [0.4, 0.5) is 18.9 Å². The molecule has 2 saturated heterocycles. The number of nitrogens with one attached hydrogen (secondary N) is 1. The molecular formula is C35H34F3N5O3. The Balaban J connectivity index is 1.02. The number of halogens is 3. The molecule has 1 N–H and O–H groups in total. The molecule has 1 aromatic heterocycles. The summed E-state index contributed by atoms with van der Waals surface area (Å²) in [4.78, 5) is 32.3. The van der Waals surface area contributed by atoms with Crippen LogP contribution in [0.5, 0.6) is 0 Å². The van der Waals surface area contributed by atoms with Gasteiger partial charge in [-0.2, -0.15) is 18.4 Å². The van der Waals surface area contributed by atoms with Gasteiger partial charge in [-0.3, -0.25) is 14.5 Å². The molecule has 2 amide bonds. The van der Waals surface area contributed by atoms with Gasteiger partial charge in [0, 0.05) is 68.5 Å². The number of anilines is 1. The zero-order chi connectivity index (χ0) is 32.4. The summed E-state index contributed by atoms with van der Waals surface area (Å²) < 4.78 is 45.8. The number of nitriles is 1. The first kappa shape index (κ1) is 31.2. The van der Waals surface area contributed by atoms with E-state index in [2.05, 4.69) is 16.3 Å². The van der Waals surface area contributed by atoms with E-state index in [1.807, 2.05) is 29.2 Å². The van der Waals surface area contributed by atoms with E-state index in [9.17, 15) is 22.8 Å². The van der Waals surface area contributed by atoms with Crippen molar-refractivity contribution in [2.45, 2.75) is 38.5 Å². The van der Waals surface area contributed by atoms with Crippen molar-refractivity contribution in [1.29, 1.82) is 5.26 Å². The van der Waals surface area contributed by atoms with Gasteiger partial charge in [-0.25, -0.2) is 0 Å². The highest BCUT2D eigenvalue weighted by Gasteiger charge is 2.32. The monoisotopic (exact) mass is 629 g/mol. The minimum absolute atomic E-state index is 0.0218. The first-order valence-corrected chi connectivity index (χ1v) is 15.3. The topological polar surface area (TPSA) is 92.8 Å². The largest absolute Gasteiger partial charge is 0.451 e. The Hall–Kier alpha value is -4.82. The van der Waals surface area contributed by atoms with Crippen LogP contribution < -0.4 is 10.2 Å². The number of alkyl halides is 3. The number of fused-ring (bicyclic) bond motifs is 1. The zero-order valence-corrected chi connectivity index (χ0v) is 25.4. The Kier molecular flexibility index (Phi) is 8.73. The second kappa shape index (κ2) is 12.9. The molecular weight excluding hydrogens is 595 g/mol. The van der Waals surface area contributed by atoms with Crippen LogP contribution in [0.25, 0.3) is 11.0 Å². The summed E-state index contributed by atoms with van der Waals surface area (Å²) in [5.74, 6) is -0.290. The molecule has 0 aliphatic carbocycles. The van der Waals surface area contributed by atoms with Gasteiger partial charge in [0.05, 0.1) is 17.2 Å². The van der Waals surface area contributed by atoms with Crippen LogP contribution in [0.2, 0.25) is 0 Å². The SMILES string of the molecule is Cc1cc(N2CCN(C(=O)c3ccc4oc(C(=O)NC5CCN(Cc6ccc(C#N)cc6)CC5)cc4c3)CC2)cc(C(F)(F)F)c1. The number of piperazine rings is 1. The summed E-state index contributed by atoms with van der Waals surface area (Å²) in [6.07, 6.45) is -2.81. The Morgan fingerprint density at radius 3 is 2.33 bits per heavy atom. The maximum atomic E-state index is 13.3. The molecule has 2 aliphatic heterocycles. The van der Waals surface area contributed by atoms with Crippen molar-refractivity contribution < 1.29 is 27.2 Å². The van der Waals surface area contributed by atoms with Crippen LogP contribution in [0, 0.1) is 18.3 Å². The summed E-state index contributed by atoms with van der Waals surface area (Å²) in [5, 5.41) is 12.7. The molecule has 0 unspecified atom stereocenters. The highest BCUT2D eigenvalue weighted by atomic mass is 19.4. The van der Waals surface area contributed by atoms with Gasteiger partial charge in [0.1, 0.15) is 5.58 Å². The average Bonchev–Trinajstić information content (AvgIpc) is 3.49. The summed E-state index contributed by atoms with van der Waals surface area (Å²) >= 11 is 0. The quantitative estimate of drug-likeness (QED) is 0.282. The Labute approximate surface area is 265 Å². The molecule has 238 valence electrons. The number of carbonyl (C=O) groups is 2. The van der Waals surface area contributed by atoms with Gasteiger partial charge in [-0.15, -0.1) is 0 Å². The fourth-order valence-electron chi connectivity index (χ4n) is 6.18. The van der Waals surface area contributed by atoms with E-state index in [4.69, 9.17) is 9.68 Å². The molecule has 0 saturated carbocycles. The van der Waals surface area contributed by atoms with E-state index in [0.717, 1.165) is 50.2 Å². The average molecular weight is 630 g/mol. The number of piperidine rings is 1. The first-order chi connectivity index (χ1) is 22.1. The van der Waals surface area contributed by atoms with E-state index in [0.29, 0.717) is 59.5 Å². The lowest BCUT2D eigenvalue weighted by Gasteiger charge is -2.36. The predicted octanol–water partition coefficient (Wildman–Crippen LogP) is 5.99. The number of amides is 2. The highest BCUT2D eigenvalue weighted by molar-refractivity contribution is 6.00. The van der Waals surface area contributed by atoms with Crippen LogP contribution in [0.3, 0.4) is 0 Å². The smallest absolute Gasteiger partial charge is 0.416 e.